The number of hydrogen-bond donors (Lipinski definition) is 2. The Bertz CT molecular complexity index is 638. The van der Waals surface area contributed by atoms with Crippen LogP contribution in [0.15, 0.2) is 30.3 Å². The van der Waals surface area contributed by atoms with Crippen molar-refractivity contribution < 1.29 is 9.53 Å². The highest BCUT2D eigenvalue weighted by Crippen LogP contribution is 2.22. The third kappa shape index (κ3) is 3.05. The van der Waals surface area contributed by atoms with Gasteiger partial charge in [0, 0.05) is 10.9 Å². The zero-order valence-electron chi connectivity index (χ0n) is 11.7. The molecule has 1 amide bonds. The summed E-state index contributed by atoms with van der Waals surface area (Å²) in [6.45, 7) is 4.14. The Morgan fingerprint density at radius 2 is 2.10 bits per heavy atom. The molecule has 5 nitrogen and oxygen atoms in total. The minimum absolute atomic E-state index is 0.237. The summed E-state index contributed by atoms with van der Waals surface area (Å²) in [6, 6.07) is 9.18. The number of nitrogens with two attached hydrogens (primary N) is 2. The van der Waals surface area contributed by atoms with Crippen molar-refractivity contribution in [2.24, 2.45) is 11.5 Å². The normalized spacial score (nSPS) is 13.9. The first kappa shape index (κ1) is 14.3. The predicted molar refractivity (Wildman–Crippen MR) is 78.6 cm³/mol. The van der Waals surface area contributed by atoms with E-state index in [0.717, 1.165) is 17.3 Å². The van der Waals surface area contributed by atoms with E-state index in [0.29, 0.717) is 0 Å². The maximum atomic E-state index is 11.5. The fraction of sp³-hybridized carbons (Fsp3) is 0.333. The molecule has 2 rings (SSSR count). The van der Waals surface area contributed by atoms with Crippen LogP contribution in [0.25, 0.3) is 10.9 Å². The molecule has 106 valence electrons. The summed E-state index contributed by atoms with van der Waals surface area (Å²) in [4.78, 5) is 15.9. The number of ether oxygens (including phenoxy) is 1. The number of pyridine rings is 1. The molecular formula is C15H19N3O2. The first-order valence-electron chi connectivity index (χ1n) is 6.54. The molecule has 0 saturated heterocycles. The van der Waals surface area contributed by atoms with Crippen molar-refractivity contribution in [2.45, 2.75) is 25.8 Å². The second-order valence-corrected chi connectivity index (χ2v) is 5.19. The van der Waals surface area contributed by atoms with Crippen LogP contribution in [-0.4, -0.2) is 23.0 Å². The van der Waals surface area contributed by atoms with Crippen molar-refractivity contribution in [1.29, 1.82) is 0 Å². The second kappa shape index (κ2) is 5.46. The predicted octanol–water partition coefficient (Wildman–Crippen LogP) is 1.84. The standard InChI is InChI=1S/C15H19N3O2/c1-3-15(2,17)9-20-14-11(13(16)19)8-10-6-4-5-7-12(10)18-14/h4-8H,3,9,17H2,1-2H3,(H2,16,19). The van der Waals surface area contributed by atoms with E-state index < -0.39 is 11.4 Å². The summed E-state index contributed by atoms with van der Waals surface area (Å²) in [5.74, 6) is -0.324. The lowest BCUT2D eigenvalue weighted by molar-refractivity contribution is 0.0993. The Morgan fingerprint density at radius 1 is 1.40 bits per heavy atom. The zero-order chi connectivity index (χ0) is 14.8. The summed E-state index contributed by atoms with van der Waals surface area (Å²) in [5.41, 5.74) is 12.0. The summed E-state index contributed by atoms with van der Waals surface area (Å²) < 4.78 is 5.63. The van der Waals surface area contributed by atoms with E-state index in [4.69, 9.17) is 16.2 Å². The molecule has 0 radical (unpaired) electrons. The van der Waals surface area contributed by atoms with Gasteiger partial charge in [0.1, 0.15) is 12.2 Å². The molecule has 5 heteroatoms. The molecule has 1 unspecified atom stereocenters. The lowest BCUT2D eigenvalue weighted by atomic mass is 10.0. The van der Waals surface area contributed by atoms with Gasteiger partial charge in [0.05, 0.1) is 5.52 Å². The van der Waals surface area contributed by atoms with Crippen LogP contribution in [0.2, 0.25) is 0 Å². The summed E-state index contributed by atoms with van der Waals surface area (Å²) in [6.07, 6.45) is 0.756. The molecule has 1 heterocycles. The Morgan fingerprint density at radius 3 is 2.75 bits per heavy atom. The molecule has 1 aromatic heterocycles. The number of carbonyl (C=O) groups excluding carboxylic acids is 1. The van der Waals surface area contributed by atoms with Crippen LogP contribution in [0.1, 0.15) is 30.6 Å². The topological polar surface area (TPSA) is 91.2 Å². The number of hydrogen-bond acceptors (Lipinski definition) is 4. The van der Waals surface area contributed by atoms with Crippen LogP contribution >= 0.6 is 0 Å². The van der Waals surface area contributed by atoms with Crippen LogP contribution in [-0.2, 0) is 0 Å². The van der Waals surface area contributed by atoms with Gasteiger partial charge in [-0.15, -0.1) is 0 Å². The van der Waals surface area contributed by atoms with Gasteiger partial charge in [0.25, 0.3) is 5.91 Å². The van der Waals surface area contributed by atoms with Crippen LogP contribution in [0.5, 0.6) is 5.88 Å². The van der Waals surface area contributed by atoms with Crippen LogP contribution in [0, 0.1) is 0 Å². The number of amides is 1. The Labute approximate surface area is 117 Å². The molecule has 1 atom stereocenters. The van der Waals surface area contributed by atoms with Gasteiger partial charge in [-0.2, -0.15) is 0 Å². The fourth-order valence-corrected chi connectivity index (χ4v) is 1.72. The lowest BCUT2D eigenvalue weighted by Crippen LogP contribution is -2.41. The molecule has 0 aliphatic heterocycles. The van der Waals surface area contributed by atoms with E-state index in [2.05, 4.69) is 4.98 Å². The number of aromatic nitrogens is 1. The van der Waals surface area contributed by atoms with Crippen molar-refractivity contribution in [2.75, 3.05) is 6.61 Å². The summed E-state index contributed by atoms with van der Waals surface area (Å²) in [7, 11) is 0. The largest absolute Gasteiger partial charge is 0.475 e. The molecule has 0 aliphatic carbocycles. The first-order chi connectivity index (χ1) is 9.43. The minimum atomic E-state index is -0.562. The monoisotopic (exact) mass is 273 g/mol. The van der Waals surface area contributed by atoms with Gasteiger partial charge in [0.15, 0.2) is 0 Å². The molecule has 0 spiro atoms. The molecule has 0 bridgehead atoms. The Hall–Kier alpha value is -2.14. The van der Waals surface area contributed by atoms with E-state index in [1.54, 1.807) is 6.07 Å². The van der Waals surface area contributed by atoms with Crippen LogP contribution in [0.3, 0.4) is 0 Å². The number of para-hydroxylation sites is 1. The number of primary amides is 1. The van der Waals surface area contributed by atoms with Crippen molar-refractivity contribution in [3.63, 3.8) is 0 Å². The van der Waals surface area contributed by atoms with Gasteiger partial charge in [-0.05, 0) is 25.5 Å². The molecule has 0 aliphatic rings. The quantitative estimate of drug-likeness (QED) is 0.869. The van der Waals surface area contributed by atoms with Gasteiger partial charge in [-0.25, -0.2) is 4.98 Å². The number of rotatable bonds is 5. The summed E-state index contributed by atoms with van der Waals surface area (Å²) in [5, 5.41) is 0.847. The van der Waals surface area contributed by atoms with Crippen molar-refractivity contribution in [3.05, 3.63) is 35.9 Å². The van der Waals surface area contributed by atoms with E-state index in [9.17, 15) is 4.79 Å². The average molecular weight is 273 g/mol. The highest BCUT2D eigenvalue weighted by atomic mass is 16.5. The molecule has 0 saturated carbocycles. The molecule has 4 N–H and O–H groups in total. The molecule has 2 aromatic rings. The highest BCUT2D eigenvalue weighted by molar-refractivity contribution is 5.98. The highest BCUT2D eigenvalue weighted by Gasteiger charge is 2.19. The Balaban J connectivity index is 2.39. The van der Waals surface area contributed by atoms with E-state index in [1.807, 2.05) is 38.1 Å². The van der Waals surface area contributed by atoms with E-state index in [-0.39, 0.29) is 18.1 Å². The second-order valence-electron chi connectivity index (χ2n) is 5.19. The number of carbonyl (C=O) groups is 1. The first-order valence-corrected chi connectivity index (χ1v) is 6.54. The van der Waals surface area contributed by atoms with E-state index in [1.165, 1.54) is 0 Å². The van der Waals surface area contributed by atoms with E-state index >= 15 is 0 Å². The average Bonchev–Trinajstić information content (AvgIpc) is 2.44. The zero-order valence-corrected chi connectivity index (χ0v) is 11.7. The minimum Gasteiger partial charge on any atom is -0.475 e. The van der Waals surface area contributed by atoms with Gasteiger partial charge in [0.2, 0.25) is 5.88 Å². The lowest BCUT2D eigenvalue weighted by Gasteiger charge is -2.23. The molecule has 1 aromatic carbocycles. The third-order valence-corrected chi connectivity index (χ3v) is 3.30. The van der Waals surface area contributed by atoms with Crippen LogP contribution < -0.4 is 16.2 Å². The smallest absolute Gasteiger partial charge is 0.254 e. The third-order valence-electron chi connectivity index (χ3n) is 3.30. The van der Waals surface area contributed by atoms with Crippen molar-refractivity contribution in [3.8, 4) is 5.88 Å². The number of fused-ring (bicyclic) bond motifs is 1. The fourth-order valence-electron chi connectivity index (χ4n) is 1.72. The van der Waals surface area contributed by atoms with Crippen LogP contribution in [0.4, 0.5) is 0 Å². The number of nitrogens with zero attached hydrogens (tertiary/aromatic N) is 1. The summed E-state index contributed by atoms with van der Waals surface area (Å²) >= 11 is 0. The molecule has 20 heavy (non-hydrogen) atoms. The van der Waals surface area contributed by atoms with Gasteiger partial charge in [-0.3, -0.25) is 4.79 Å². The maximum absolute atomic E-state index is 11.5. The molecular weight excluding hydrogens is 254 g/mol. The SMILES string of the molecule is CCC(C)(N)COc1nc2ccccc2cc1C(N)=O. The molecule has 0 fully saturated rings. The van der Waals surface area contributed by atoms with Gasteiger partial charge in [-0.1, -0.05) is 25.1 Å². The maximum Gasteiger partial charge on any atom is 0.254 e. The van der Waals surface area contributed by atoms with Gasteiger partial charge >= 0.3 is 0 Å². The number of benzene rings is 1. The Kier molecular flexibility index (Phi) is 3.90. The van der Waals surface area contributed by atoms with Crippen molar-refractivity contribution in [1.82, 2.24) is 4.98 Å². The van der Waals surface area contributed by atoms with Crippen molar-refractivity contribution >= 4 is 16.8 Å². The van der Waals surface area contributed by atoms with Gasteiger partial charge < -0.3 is 16.2 Å².